The third-order valence-corrected chi connectivity index (χ3v) is 4.75. The van der Waals surface area contributed by atoms with Crippen molar-refractivity contribution in [2.75, 3.05) is 5.32 Å². The standard InChI is InChI=1S/C19H12ClN5O2S/c20-13-5-1-2-7-15(13)27-16-9-8-12(11-22-16)17(26)23-19-25-24-18(28-19)14-6-3-4-10-21-14/h1-11H,(H,23,25,26). The Morgan fingerprint density at radius 2 is 1.86 bits per heavy atom. The molecule has 0 unspecified atom stereocenters. The van der Waals surface area contributed by atoms with Gasteiger partial charge in [-0.15, -0.1) is 10.2 Å². The van der Waals surface area contributed by atoms with Gasteiger partial charge in [0.05, 0.1) is 10.6 Å². The van der Waals surface area contributed by atoms with Crippen LogP contribution in [0.5, 0.6) is 11.6 Å². The van der Waals surface area contributed by atoms with Gasteiger partial charge in [-0.2, -0.15) is 0 Å². The minimum atomic E-state index is -0.347. The Labute approximate surface area is 169 Å². The molecule has 7 nitrogen and oxygen atoms in total. The van der Waals surface area contributed by atoms with E-state index in [1.165, 1.54) is 17.5 Å². The fraction of sp³-hybridized carbons (Fsp3) is 0. The maximum Gasteiger partial charge on any atom is 0.259 e. The maximum absolute atomic E-state index is 12.4. The summed E-state index contributed by atoms with van der Waals surface area (Å²) in [5.74, 6) is 0.475. The summed E-state index contributed by atoms with van der Waals surface area (Å²) in [5, 5.41) is 12.2. The van der Waals surface area contributed by atoms with Crippen molar-refractivity contribution < 1.29 is 9.53 Å². The van der Waals surface area contributed by atoms with Crippen LogP contribution in [0.25, 0.3) is 10.7 Å². The van der Waals surface area contributed by atoms with E-state index >= 15 is 0 Å². The summed E-state index contributed by atoms with van der Waals surface area (Å²) >= 11 is 7.30. The van der Waals surface area contributed by atoms with E-state index in [1.807, 2.05) is 30.3 Å². The van der Waals surface area contributed by atoms with Gasteiger partial charge >= 0.3 is 0 Å². The van der Waals surface area contributed by atoms with Gasteiger partial charge in [-0.1, -0.05) is 41.1 Å². The summed E-state index contributed by atoms with van der Waals surface area (Å²) < 4.78 is 5.61. The molecule has 4 rings (SSSR count). The second-order valence-corrected chi connectivity index (χ2v) is 6.88. The van der Waals surface area contributed by atoms with Crippen LogP contribution in [-0.2, 0) is 0 Å². The smallest absolute Gasteiger partial charge is 0.259 e. The number of ether oxygens (including phenoxy) is 1. The van der Waals surface area contributed by atoms with Crippen molar-refractivity contribution in [2.24, 2.45) is 0 Å². The number of para-hydroxylation sites is 1. The number of benzene rings is 1. The normalized spacial score (nSPS) is 10.5. The SMILES string of the molecule is O=C(Nc1nnc(-c2ccccn2)s1)c1ccc(Oc2ccccc2Cl)nc1. The van der Waals surface area contributed by atoms with Crippen LogP contribution in [0.4, 0.5) is 5.13 Å². The molecule has 0 saturated carbocycles. The van der Waals surface area contributed by atoms with Crippen LogP contribution >= 0.6 is 22.9 Å². The second-order valence-electron chi connectivity index (χ2n) is 5.50. The van der Waals surface area contributed by atoms with E-state index in [-0.39, 0.29) is 5.91 Å². The van der Waals surface area contributed by atoms with Gasteiger partial charge in [-0.3, -0.25) is 15.1 Å². The zero-order valence-electron chi connectivity index (χ0n) is 14.2. The van der Waals surface area contributed by atoms with Gasteiger partial charge in [0.2, 0.25) is 11.0 Å². The largest absolute Gasteiger partial charge is 0.437 e. The number of carbonyl (C=O) groups is 1. The van der Waals surface area contributed by atoms with Gasteiger partial charge in [-0.25, -0.2) is 4.98 Å². The minimum absolute atomic E-state index is 0.331. The molecule has 1 N–H and O–H groups in total. The Kier molecular flexibility index (Phi) is 5.22. The van der Waals surface area contributed by atoms with Crippen molar-refractivity contribution in [3.8, 4) is 22.3 Å². The number of rotatable bonds is 5. The predicted octanol–water partition coefficient (Wildman–Crippen LogP) is 4.69. The molecule has 0 spiro atoms. The molecule has 0 saturated heterocycles. The number of pyridine rings is 2. The predicted molar refractivity (Wildman–Crippen MR) is 107 cm³/mol. The number of amides is 1. The molecule has 0 aliphatic rings. The molecule has 1 amide bonds. The quantitative estimate of drug-likeness (QED) is 0.514. The lowest BCUT2D eigenvalue weighted by Gasteiger charge is -2.07. The number of nitrogens with zero attached hydrogens (tertiary/aromatic N) is 4. The molecule has 9 heteroatoms. The highest BCUT2D eigenvalue weighted by Crippen LogP contribution is 2.28. The second kappa shape index (κ2) is 8.12. The third-order valence-electron chi connectivity index (χ3n) is 3.58. The third kappa shape index (κ3) is 4.13. The van der Waals surface area contributed by atoms with Gasteiger partial charge in [0.25, 0.3) is 5.91 Å². The Balaban J connectivity index is 1.43. The first-order chi connectivity index (χ1) is 13.7. The summed E-state index contributed by atoms with van der Waals surface area (Å²) in [6.45, 7) is 0. The monoisotopic (exact) mass is 409 g/mol. The number of nitrogens with one attached hydrogen (secondary N) is 1. The molecule has 0 bridgehead atoms. The van der Waals surface area contributed by atoms with E-state index < -0.39 is 0 Å². The maximum atomic E-state index is 12.4. The summed E-state index contributed by atoms with van der Waals surface area (Å²) in [4.78, 5) is 20.8. The Morgan fingerprint density at radius 1 is 1.00 bits per heavy atom. The minimum Gasteiger partial charge on any atom is -0.437 e. The van der Waals surface area contributed by atoms with Crippen molar-refractivity contribution in [2.45, 2.75) is 0 Å². The summed E-state index contributed by atoms with van der Waals surface area (Å²) in [5.41, 5.74) is 1.06. The van der Waals surface area contributed by atoms with E-state index in [1.54, 1.807) is 30.5 Å². The van der Waals surface area contributed by atoms with Gasteiger partial charge < -0.3 is 4.74 Å². The lowest BCUT2D eigenvalue weighted by molar-refractivity contribution is 0.102. The lowest BCUT2D eigenvalue weighted by Crippen LogP contribution is -2.12. The average molecular weight is 410 g/mol. The highest BCUT2D eigenvalue weighted by Gasteiger charge is 2.13. The number of halogens is 1. The molecule has 0 aliphatic heterocycles. The molecule has 28 heavy (non-hydrogen) atoms. The Morgan fingerprint density at radius 3 is 2.61 bits per heavy atom. The Hall–Kier alpha value is -3.36. The number of anilines is 1. The van der Waals surface area contributed by atoms with E-state index in [9.17, 15) is 4.79 Å². The van der Waals surface area contributed by atoms with Gasteiger partial charge in [0.1, 0.15) is 11.4 Å². The molecule has 4 aromatic rings. The fourth-order valence-corrected chi connectivity index (χ4v) is 3.14. The van der Waals surface area contributed by atoms with Crippen LogP contribution in [0.3, 0.4) is 0 Å². The van der Waals surface area contributed by atoms with Crippen molar-refractivity contribution in [1.82, 2.24) is 20.2 Å². The van der Waals surface area contributed by atoms with Crippen LogP contribution in [0.2, 0.25) is 5.02 Å². The molecule has 3 aromatic heterocycles. The molecule has 1 aromatic carbocycles. The van der Waals surface area contributed by atoms with Crippen molar-refractivity contribution in [3.05, 3.63) is 77.6 Å². The average Bonchev–Trinajstić information content (AvgIpc) is 3.19. The molecular formula is C19H12ClN5O2S. The van der Waals surface area contributed by atoms with Crippen LogP contribution in [0.15, 0.2) is 67.0 Å². The first-order valence-electron chi connectivity index (χ1n) is 8.14. The summed E-state index contributed by atoms with van der Waals surface area (Å²) in [6, 6.07) is 15.8. The van der Waals surface area contributed by atoms with Crippen LogP contribution in [-0.4, -0.2) is 26.1 Å². The molecule has 138 valence electrons. The van der Waals surface area contributed by atoms with E-state index in [4.69, 9.17) is 16.3 Å². The number of carbonyl (C=O) groups excluding carboxylic acids is 1. The van der Waals surface area contributed by atoms with Gasteiger partial charge in [0.15, 0.2) is 5.01 Å². The molecular weight excluding hydrogens is 398 g/mol. The van der Waals surface area contributed by atoms with Crippen molar-refractivity contribution in [3.63, 3.8) is 0 Å². The molecule has 0 fully saturated rings. The number of hydrogen-bond acceptors (Lipinski definition) is 7. The topological polar surface area (TPSA) is 89.9 Å². The zero-order valence-corrected chi connectivity index (χ0v) is 15.8. The lowest BCUT2D eigenvalue weighted by atomic mass is 10.3. The number of aromatic nitrogens is 4. The summed E-state index contributed by atoms with van der Waals surface area (Å²) in [7, 11) is 0. The highest BCUT2D eigenvalue weighted by molar-refractivity contribution is 7.18. The van der Waals surface area contributed by atoms with Crippen LogP contribution < -0.4 is 10.1 Å². The van der Waals surface area contributed by atoms with Crippen LogP contribution in [0, 0.1) is 0 Å². The molecule has 0 radical (unpaired) electrons. The van der Waals surface area contributed by atoms with Gasteiger partial charge in [0, 0.05) is 18.5 Å². The Bertz CT molecular complexity index is 1100. The summed E-state index contributed by atoms with van der Waals surface area (Å²) in [6.07, 6.45) is 3.09. The van der Waals surface area contributed by atoms with E-state index in [2.05, 4.69) is 25.5 Å². The van der Waals surface area contributed by atoms with Gasteiger partial charge in [-0.05, 0) is 30.3 Å². The molecule has 0 aliphatic carbocycles. The highest BCUT2D eigenvalue weighted by atomic mass is 35.5. The molecule has 3 heterocycles. The first kappa shape index (κ1) is 18.0. The fourth-order valence-electron chi connectivity index (χ4n) is 2.25. The first-order valence-corrected chi connectivity index (χ1v) is 9.33. The van der Waals surface area contributed by atoms with Crippen molar-refractivity contribution >= 4 is 34.0 Å². The number of hydrogen-bond donors (Lipinski definition) is 1. The van der Waals surface area contributed by atoms with Crippen LogP contribution in [0.1, 0.15) is 10.4 Å². The van der Waals surface area contributed by atoms with E-state index in [0.29, 0.717) is 38.0 Å². The zero-order chi connectivity index (χ0) is 19.3. The van der Waals surface area contributed by atoms with E-state index in [0.717, 1.165) is 0 Å². The van der Waals surface area contributed by atoms with Crippen molar-refractivity contribution in [1.29, 1.82) is 0 Å². The molecule has 0 atom stereocenters.